The number of aromatic nitrogens is 1. The maximum atomic E-state index is 12.3. The number of thiazole rings is 1. The zero-order valence-electron chi connectivity index (χ0n) is 13.9. The summed E-state index contributed by atoms with van der Waals surface area (Å²) in [6.45, 7) is 1.40. The third kappa shape index (κ3) is 3.92. The maximum Gasteiger partial charge on any atom is 0.274 e. The average molecular weight is 405 g/mol. The van der Waals surface area contributed by atoms with Crippen molar-refractivity contribution in [1.82, 2.24) is 9.88 Å². The summed E-state index contributed by atoms with van der Waals surface area (Å²) in [6.07, 6.45) is 5.23. The van der Waals surface area contributed by atoms with Gasteiger partial charge in [0.2, 0.25) is 5.91 Å². The van der Waals surface area contributed by atoms with E-state index in [1.807, 2.05) is 46.7 Å². The lowest BCUT2D eigenvalue weighted by Crippen LogP contribution is -2.41. The minimum atomic E-state index is 0.0589. The first kappa shape index (κ1) is 17.5. The van der Waals surface area contributed by atoms with Crippen LogP contribution in [0.1, 0.15) is 17.7 Å². The Bertz CT molecular complexity index is 928. The molecule has 0 N–H and O–H groups in total. The van der Waals surface area contributed by atoms with Crippen LogP contribution in [0.5, 0.6) is 5.19 Å². The predicted octanol–water partition coefficient (Wildman–Crippen LogP) is 5.09. The third-order valence-corrected chi connectivity index (χ3v) is 6.36. The molecule has 4 rings (SSSR count). The quantitative estimate of drug-likeness (QED) is 0.568. The van der Waals surface area contributed by atoms with Crippen LogP contribution in [0.25, 0.3) is 16.3 Å². The molecule has 3 aromatic rings. The zero-order chi connectivity index (χ0) is 17.9. The standard InChI is InChI=1S/C19H17ClN2O2S2/c20-15-4-1-5-16-18(15)21-19(26-16)24-13-8-10-22(11-9-13)17(23)7-6-14-3-2-12-25-14/h1-7,12-13H,8-11H2/b7-6+. The number of ether oxygens (including phenoxy) is 1. The van der Waals surface area contributed by atoms with Crippen LogP contribution in [0.15, 0.2) is 41.8 Å². The van der Waals surface area contributed by atoms with Gasteiger partial charge in [0.25, 0.3) is 5.19 Å². The third-order valence-electron chi connectivity index (χ3n) is 4.30. The SMILES string of the molecule is O=C(/C=C/c1cccs1)N1CCC(Oc2nc3c(Cl)cccc3s2)CC1. The molecule has 1 saturated heterocycles. The van der Waals surface area contributed by atoms with E-state index in [0.29, 0.717) is 23.3 Å². The molecule has 1 aliphatic rings. The molecular weight excluding hydrogens is 388 g/mol. The summed E-state index contributed by atoms with van der Waals surface area (Å²) >= 11 is 9.31. The van der Waals surface area contributed by atoms with Crippen molar-refractivity contribution in [2.24, 2.45) is 0 Å². The Hall–Kier alpha value is -1.89. The summed E-state index contributed by atoms with van der Waals surface area (Å²) in [5.41, 5.74) is 0.792. The largest absolute Gasteiger partial charge is 0.467 e. The molecule has 26 heavy (non-hydrogen) atoms. The van der Waals surface area contributed by atoms with Crippen molar-refractivity contribution in [3.05, 3.63) is 51.7 Å². The Morgan fingerprint density at radius 1 is 1.27 bits per heavy atom. The van der Waals surface area contributed by atoms with E-state index in [1.165, 1.54) is 11.3 Å². The van der Waals surface area contributed by atoms with E-state index >= 15 is 0 Å². The number of benzene rings is 1. The van der Waals surface area contributed by atoms with Gasteiger partial charge in [0.05, 0.1) is 9.72 Å². The van der Waals surface area contributed by atoms with Gasteiger partial charge in [-0.2, -0.15) is 0 Å². The van der Waals surface area contributed by atoms with Gasteiger partial charge in [-0.1, -0.05) is 35.1 Å². The molecule has 0 radical (unpaired) electrons. The number of hydrogen-bond acceptors (Lipinski definition) is 5. The Morgan fingerprint density at radius 2 is 2.12 bits per heavy atom. The van der Waals surface area contributed by atoms with Gasteiger partial charge < -0.3 is 9.64 Å². The van der Waals surface area contributed by atoms with Crippen molar-refractivity contribution in [3.63, 3.8) is 0 Å². The fourth-order valence-electron chi connectivity index (χ4n) is 2.93. The summed E-state index contributed by atoms with van der Waals surface area (Å²) in [6, 6.07) is 9.72. The monoisotopic (exact) mass is 404 g/mol. The number of para-hydroxylation sites is 1. The van der Waals surface area contributed by atoms with Gasteiger partial charge in [-0.25, -0.2) is 4.98 Å². The van der Waals surface area contributed by atoms with Crippen LogP contribution in [0.4, 0.5) is 0 Å². The van der Waals surface area contributed by atoms with E-state index in [0.717, 1.165) is 27.9 Å². The highest BCUT2D eigenvalue weighted by molar-refractivity contribution is 7.20. The molecule has 3 heterocycles. The molecule has 2 aromatic heterocycles. The molecule has 0 bridgehead atoms. The minimum Gasteiger partial charge on any atom is -0.467 e. The Balaban J connectivity index is 1.33. The number of rotatable bonds is 4. The summed E-state index contributed by atoms with van der Waals surface area (Å²) in [7, 11) is 0. The fourth-order valence-corrected chi connectivity index (χ4v) is 4.73. The van der Waals surface area contributed by atoms with Crippen molar-refractivity contribution >= 4 is 56.5 Å². The zero-order valence-corrected chi connectivity index (χ0v) is 16.3. The molecule has 7 heteroatoms. The molecule has 1 aromatic carbocycles. The molecule has 4 nitrogen and oxygen atoms in total. The van der Waals surface area contributed by atoms with Gasteiger partial charge in [-0.3, -0.25) is 4.79 Å². The second-order valence-corrected chi connectivity index (χ2v) is 8.44. The number of halogens is 1. The summed E-state index contributed by atoms with van der Waals surface area (Å²) in [5, 5.41) is 3.30. The number of thiophene rings is 1. The van der Waals surface area contributed by atoms with E-state index in [2.05, 4.69) is 4.98 Å². The number of hydrogen-bond donors (Lipinski definition) is 0. The molecule has 0 atom stereocenters. The van der Waals surface area contributed by atoms with Crippen molar-refractivity contribution in [1.29, 1.82) is 0 Å². The highest BCUT2D eigenvalue weighted by Gasteiger charge is 2.24. The Labute approximate surface area is 164 Å². The van der Waals surface area contributed by atoms with E-state index in [1.54, 1.807) is 17.4 Å². The van der Waals surface area contributed by atoms with Gasteiger partial charge in [0.1, 0.15) is 11.6 Å². The van der Waals surface area contributed by atoms with E-state index in [-0.39, 0.29) is 12.0 Å². The first-order valence-electron chi connectivity index (χ1n) is 8.41. The molecule has 1 amide bonds. The van der Waals surface area contributed by atoms with Crippen LogP contribution in [0.2, 0.25) is 5.02 Å². The van der Waals surface area contributed by atoms with E-state index in [9.17, 15) is 4.79 Å². The Kier molecular flexibility index (Phi) is 5.24. The van der Waals surface area contributed by atoms with Crippen LogP contribution in [0.3, 0.4) is 0 Å². The van der Waals surface area contributed by atoms with Gasteiger partial charge >= 0.3 is 0 Å². The fraction of sp³-hybridized carbons (Fsp3) is 0.263. The number of amides is 1. The number of nitrogens with zero attached hydrogens (tertiary/aromatic N) is 2. The number of piperidine rings is 1. The number of likely N-dealkylation sites (tertiary alicyclic amines) is 1. The van der Waals surface area contributed by atoms with Gasteiger partial charge in [0.15, 0.2) is 0 Å². The van der Waals surface area contributed by atoms with Gasteiger partial charge in [0, 0.05) is 36.9 Å². The van der Waals surface area contributed by atoms with Crippen molar-refractivity contribution in [2.75, 3.05) is 13.1 Å². The van der Waals surface area contributed by atoms with Crippen molar-refractivity contribution in [2.45, 2.75) is 18.9 Å². The minimum absolute atomic E-state index is 0.0589. The van der Waals surface area contributed by atoms with E-state index < -0.39 is 0 Å². The Morgan fingerprint density at radius 3 is 2.85 bits per heavy atom. The molecule has 0 spiro atoms. The lowest BCUT2D eigenvalue weighted by Gasteiger charge is -2.30. The number of carbonyl (C=O) groups excluding carboxylic acids is 1. The number of carbonyl (C=O) groups is 1. The molecule has 134 valence electrons. The smallest absolute Gasteiger partial charge is 0.274 e. The number of fused-ring (bicyclic) bond motifs is 1. The first-order chi connectivity index (χ1) is 12.7. The van der Waals surface area contributed by atoms with Crippen LogP contribution < -0.4 is 4.74 Å². The summed E-state index contributed by atoms with van der Waals surface area (Å²) in [4.78, 5) is 19.7. The van der Waals surface area contributed by atoms with Crippen LogP contribution in [-0.4, -0.2) is 35.0 Å². The molecule has 1 aliphatic heterocycles. The second kappa shape index (κ2) is 7.78. The topological polar surface area (TPSA) is 42.4 Å². The second-order valence-electron chi connectivity index (χ2n) is 6.06. The highest BCUT2D eigenvalue weighted by atomic mass is 35.5. The molecule has 0 saturated carbocycles. The van der Waals surface area contributed by atoms with Crippen molar-refractivity contribution < 1.29 is 9.53 Å². The van der Waals surface area contributed by atoms with Gasteiger partial charge in [-0.05, 0) is 29.7 Å². The average Bonchev–Trinajstić information content (AvgIpc) is 3.30. The molecule has 0 unspecified atom stereocenters. The molecule has 0 aliphatic carbocycles. The summed E-state index contributed by atoms with van der Waals surface area (Å²) in [5.74, 6) is 0.0589. The maximum absolute atomic E-state index is 12.3. The molecule has 1 fully saturated rings. The molecular formula is C19H17ClN2O2S2. The van der Waals surface area contributed by atoms with E-state index in [4.69, 9.17) is 16.3 Å². The van der Waals surface area contributed by atoms with Crippen molar-refractivity contribution in [3.8, 4) is 5.19 Å². The normalized spacial score (nSPS) is 15.8. The highest BCUT2D eigenvalue weighted by Crippen LogP contribution is 2.33. The van der Waals surface area contributed by atoms with Crippen LogP contribution >= 0.6 is 34.3 Å². The van der Waals surface area contributed by atoms with Crippen LogP contribution in [-0.2, 0) is 4.79 Å². The lowest BCUT2D eigenvalue weighted by molar-refractivity contribution is -0.127. The van der Waals surface area contributed by atoms with Crippen LogP contribution in [0, 0.1) is 0 Å². The lowest BCUT2D eigenvalue weighted by atomic mass is 10.1. The first-order valence-corrected chi connectivity index (χ1v) is 10.5. The predicted molar refractivity (Wildman–Crippen MR) is 108 cm³/mol. The van der Waals surface area contributed by atoms with Gasteiger partial charge in [-0.15, -0.1) is 11.3 Å². The summed E-state index contributed by atoms with van der Waals surface area (Å²) < 4.78 is 7.06.